The first kappa shape index (κ1) is 15.5. The Morgan fingerprint density at radius 3 is 2.89 bits per heavy atom. The fourth-order valence-electron chi connectivity index (χ4n) is 2.11. The number of hydrogen-bond acceptors (Lipinski definition) is 2. The lowest BCUT2D eigenvalue weighted by atomic mass is 10.2. The maximum absolute atomic E-state index is 11.9. The number of amides is 1. The highest BCUT2D eigenvalue weighted by Gasteiger charge is 2.27. The van der Waals surface area contributed by atoms with Crippen molar-refractivity contribution in [1.82, 2.24) is 15.5 Å². The van der Waals surface area contributed by atoms with E-state index >= 15 is 0 Å². The van der Waals surface area contributed by atoms with Crippen LogP contribution in [0.2, 0.25) is 0 Å². The van der Waals surface area contributed by atoms with Crippen molar-refractivity contribution in [2.75, 3.05) is 26.2 Å². The maximum Gasteiger partial charge on any atom is 0.225 e. The molecule has 1 saturated heterocycles. The van der Waals surface area contributed by atoms with E-state index in [1.165, 1.54) is 0 Å². The number of carbonyl (C=O) groups is 1. The van der Waals surface area contributed by atoms with Crippen LogP contribution in [0.15, 0.2) is 17.6 Å². The first-order valence-corrected chi connectivity index (χ1v) is 7.03. The van der Waals surface area contributed by atoms with Gasteiger partial charge >= 0.3 is 0 Å². The van der Waals surface area contributed by atoms with Crippen LogP contribution >= 0.6 is 0 Å². The predicted molar refractivity (Wildman–Crippen MR) is 79.1 cm³/mol. The minimum absolute atomic E-state index is 0.0708. The Balaban J connectivity index is 2.49. The van der Waals surface area contributed by atoms with Crippen molar-refractivity contribution in [1.29, 1.82) is 0 Å². The number of likely N-dealkylation sites (tertiary alicyclic amines) is 1. The second kappa shape index (κ2) is 7.81. The van der Waals surface area contributed by atoms with Crippen molar-refractivity contribution >= 4 is 11.9 Å². The van der Waals surface area contributed by atoms with E-state index in [1.54, 1.807) is 6.08 Å². The van der Waals surface area contributed by atoms with E-state index in [1.807, 2.05) is 25.7 Å². The number of rotatable bonds is 5. The zero-order valence-electron chi connectivity index (χ0n) is 12.3. The molecule has 108 valence electrons. The highest BCUT2D eigenvalue weighted by atomic mass is 16.2. The normalized spacial score (nSPS) is 19.7. The van der Waals surface area contributed by atoms with Crippen LogP contribution in [0.1, 0.15) is 27.2 Å². The van der Waals surface area contributed by atoms with Gasteiger partial charge in [-0.2, -0.15) is 0 Å². The highest BCUT2D eigenvalue weighted by molar-refractivity contribution is 5.81. The lowest BCUT2D eigenvalue weighted by Gasteiger charge is -2.20. The summed E-state index contributed by atoms with van der Waals surface area (Å²) in [5.74, 6) is 1.10. The third-order valence-corrected chi connectivity index (χ3v) is 3.06. The fraction of sp³-hybridized carbons (Fsp3) is 0.714. The highest BCUT2D eigenvalue weighted by Crippen LogP contribution is 2.12. The van der Waals surface area contributed by atoms with E-state index in [2.05, 4.69) is 22.2 Å². The van der Waals surface area contributed by atoms with Gasteiger partial charge in [0.05, 0.1) is 6.54 Å². The molecule has 5 heteroatoms. The molecule has 0 aliphatic carbocycles. The first-order chi connectivity index (χ1) is 9.08. The van der Waals surface area contributed by atoms with Gasteiger partial charge in [-0.25, -0.2) is 4.99 Å². The van der Waals surface area contributed by atoms with Gasteiger partial charge < -0.3 is 15.5 Å². The second-order valence-corrected chi connectivity index (χ2v) is 5.08. The summed E-state index contributed by atoms with van der Waals surface area (Å²) in [6.45, 7) is 12.6. The Morgan fingerprint density at radius 2 is 2.32 bits per heavy atom. The number of aliphatic imine (C=N–C) groups is 1. The molecule has 19 heavy (non-hydrogen) atoms. The van der Waals surface area contributed by atoms with E-state index in [-0.39, 0.29) is 17.9 Å². The molecule has 1 aliphatic heterocycles. The van der Waals surface area contributed by atoms with Gasteiger partial charge in [-0.1, -0.05) is 19.9 Å². The van der Waals surface area contributed by atoms with Gasteiger partial charge in [-0.3, -0.25) is 4.79 Å². The SMILES string of the molecule is C=CCN=C(NCC)NC1CCN(C(=O)C(C)C)C1. The van der Waals surface area contributed by atoms with Crippen LogP contribution in [0.25, 0.3) is 0 Å². The van der Waals surface area contributed by atoms with E-state index in [0.717, 1.165) is 32.0 Å². The maximum atomic E-state index is 11.9. The van der Waals surface area contributed by atoms with Gasteiger partial charge in [-0.05, 0) is 13.3 Å². The first-order valence-electron chi connectivity index (χ1n) is 7.03. The van der Waals surface area contributed by atoms with Crippen LogP contribution in [0.3, 0.4) is 0 Å². The zero-order valence-corrected chi connectivity index (χ0v) is 12.3. The summed E-state index contributed by atoms with van der Waals surface area (Å²) < 4.78 is 0. The third kappa shape index (κ3) is 4.93. The molecule has 0 saturated carbocycles. The molecular formula is C14H26N4O. The minimum atomic E-state index is 0.0708. The number of guanidine groups is 1. The summed E-state index contributed by atoms with van der Waals surface area (Å²) in [6, 6.07) is 0.283. The largest absolute Gasteiger partial charge is 0.357 e. The molecule has 1 amide bonds. The smallest absolute Gasteiger partial charge is 0.225 e. The molecule has 0 radical (unpaired) electrons. The van der Waals surface area contributed by atoms with Gasteiger partial charge in [0.15, 0.2) is 5.96 Å². The standard InChI is InChI=1S/C14H26N4O/c1-5-8-16-14(15-6-2)17-12-7-9-18(10-12)13(19)11(3)4/h5,11-12H,1,6-10H2,2-4H3,(H2,15,16,17). The molecule has 1 unspecified atom stereocenters. The lowest BCUT2D eigenvalue weighted by Crippen LogP contribution is -2.45. The van der Waals surface area contributed by atoms with Gasteiger partial charge in [-0.15, -0.1) is 6.58 Å². The van der Waals surface area contributed by atoms with Crippen LogP contribution in [0.5, 0.6) is 0 Å². The molecule has 0 bridgehead atoms. The number of carbonyl (C=O) groups excluding carboxylic acids is 1. The topological polar surface area (TPSA) is 56.7 Å². The Bertz CT molecular complexity index is 338. The number of nitrogens with one attached hydrogen (secondary N) is 2. The van der Waals surface area contributed by atoms with E-state index in [4.69, 9.17) is 0 Å². The predicted octanol–water partition coefficient (Wildman–Crippen LogP) is 0.984. The van der Waals surface area contributed by atoms with Crippen LogP contribution < -0.4 is 10.6 Å². The number of nitrogens with zero attached hydrogens (tertiary/aromatic N) is 2. The van der Waals surface area contributed by atoms with Crippen LogP contribution in [0, 0.1) is 5.92 Å². The Hall–Kier alpha value is -1.52. The summed E-state index contributed by atoms with van der Waals surface area (Å²) in [5.41, 5.74) is 0. The molecule has 0 spiro atoms. The molecular weight excluding hydrogens is 240 g/mol. The summed E-state index contributed by atoms with van der Waals surface area (Å²) in [6.07, 6.45) is 2.74. The van der Waals surface area contributed by atoms with Crippen molar-refractivity contribution in [2.24, 2.45) is 10.9 Å². The van der Waals surface area contributed by atoms with Crippen LogP contribution in [-0.2, 0) is 4.79 Å². The molecule has 1 fully saturated rings. The molecule has 1 atom stereocenters. The van der Waals surface area contributed by atoms with Crippen molar-refractivity contribution in [3.63, 3.8) is 0 Å². The van der Waals surface area contributed by atoms with Crippen molar-refractivity contribution < 1.29 is 4.79 Å². The molecule has 1 aliphatic rings. The molecule has 0 aromatic carbocycles. The monoisotopic (exact) mass is 266 g/mol. The Morgan fingerprint density at radius 1 is 1.58 bits per heavy atom. The second-order valence-electron chi connectivity index (χ2n) is 5.08. The van der Waals surface area contributed by atoms with Gasteiger partial charge in [0.1, 0.15) is 0 Å². The molecule has 1 rings (SSSR count). The van der Waals surface area contributed by atoms with Crippen molar-refractivity contribution in [3.8, 4) is 0 Å². The lowest BCUT2D eigenvalue weighted by molar-refractivity contribution is -0.133. The minimum Gasteiger partial charge on any atom is -0.357 e. The molecule has 0 aromatic heterocycles. The zero-order chi connectivity index (χ0) is 14.3. The molecule has 2 N–H and O–H groups in total. The van der Waals surface area contributed by atoms with E-state index in [0.29, 0.717) is 6.54 Å². The van der Waals surface area contributed by atoms with E-state index in [9.17, 15) is 4.79 Å². The molecule has 0 aromatic rings. The average molecular weight is 266 g/mol. The van der Waals surface area contributed by atoms with E-state index < -0.39 is 0 Å². The van der Waals surface area contributed by atoms with Crippen molar-refractivity contribution in [3.05, 3.63) is 12.7 Å². The number of hydrogen-bond donors (Lipinski definition) is 2. The van der Waals surface area contributed by atoms with Crippen LogP contribution in [0.4, 0.5) is 0 Å². The summed E-state index contributed by atoms with van der Waals surface area (Å²) in [5, 5.41) is 6.57. The van der Waals surface area contributed by atoms with Crippen LogP contribution in [-0.4, -0.2) is 49.0 Å². The third-order valence-electron chi connectivity index (χ3n) is 3.06. The van der Waals surface area contributed by atoms with Gasteiger partial charge in [0, 0.05) is 31.6 Å². The van der Waals surface area contributed by atoms with Crippen molar-refractivity contribution in [2.45, 2.75) is 33.2 Å². The quantitative estimate of drug-likeness (QED) is 0.443. The summed E-state index contributed by atoms with van der Waals surface area (Å²) >= 11 is 0. The van der Waals surface area contributed by atoms with Gasteiger partial charge in [0.2, 0.25) is 5.91 Å². The van der Waals surface area contributed by atoms with Gasteiger partial charge in [0.25, 0.3) is 0 Å². The molecule has 5 nitrogen and oxygen atoms in total. The Labute approximate surface area is 116 Å². The molecule has 1 heterocycles. The Kier molecular flexibility index (Phi) is 6.39. The fourth-order valence-corrected chi connectivity index (χ4v) is 2.11. The average Bonchev–Trinajstić information content (AvgIpc) is 2.83. The summed E-state index contributed by atoms with van der Waals surface area (Å²) in [7, 11) is 0. The summed E-state index contributed by atoms with van der Waals surface area (Å²) in [4.78, 5) is 18.2.